The standard InChI is InChI=1S/C14H18N6O/c1-9-5-6-15-11(7-9)13(10-3-4-10)17-14(21)16-12-8-20(2)19-18-12/h5-8,10,13H,3-4H2,1-2H3,(H2,16,17,21). The number of rotatable bonds is 4. The van der Waals surface area contributed by atoms with Crippen LogP contribution in [0.15, 0.2) is 24.5 Å². The van der Waals surface area contributed by atoms with E-state index in [1.54, 1.807) is 19.4 Å². The summed E-state index contributed by atoms with van der Waals surface area (Å²) in [4.78, 5) is 16.5. The minimum absolute atomic E-state index is 0.0541. The Hall–Kier alpha value is -2.44. The fraction of sp³-hybridized carbons (Fsp3) is 0.429. The zero-order valence-electron chi connectivity index (χ0n) is 12.1. The van der Waals surface area contributed by atoms with Gasteiger partial charge >= 0.3 is 6.03 Å². The zero-order chi connectivity index (χ0) is 14.8. The van der Waals surface area contributed by atoms with Gasteiger partial charge in [-0.15, -0.1) is 5.10 Å². The third kappa shape index (κ3) is 3.36. The molecule has 0 aliphatic heterocycles. The topological polar surface area (TPSA) is 84.7 Å². The summed E-state index contributed by atoms with van der Waals surface area (Å²) in [5.41, 5.74) is 2.05. The van der Waals surface area contributed by atoms with Gasteiger partial charge in [0.25, 0.3) is 0 Å². The fourth-order valence-corrected chi connectivity index (χ4v) is 2.29. The summed E-state index contributed by atoms with van der Waals surface area (Å²) in [7, 11) is 1.75. The van der Waals surface area contributed by atoms with Crippen molar-refractivity contribution in [3.05, 3.63) is 35.8 Å². The van der Waals surface area contributed by atoms with E-state index in [4.69, 9.17) is 0 Å². The van der Waals surface area contributed by atoms with E-state index in [9.17, 15) is 4.79 Å². The van der Waals surface area contributed by atoms with Crippen molar-refractivity contribution in [2.45, 2.75) is 25.8 Å². The molecule has 2 aromatic heterocycles. The third-order valence-electron chi connectivity index (χ3n) is 3.48. The second-order valence-corrected chi connectivity index (χ2v) is 5.45. The fourth-order valence-electron chi connectivity index (χ4n) is 2.29. The van der Waals surface area contributed by atoms with Crippen molar-refractivity contribution < 1.29 is 4.79 Å². The van der Waals surface area contributed by atoms with Gasteiger partial charge in [-0.1, -0.05) is 5.21 Å². The highest BCUT2D eigenvalue weighted by Crippen LogP contribution is 2.40. The number of aromatic nitrogens is 4. The monoisotopic (exact) mass is 286 g/mol. The first-order valence-corrected chi connectivity index (χ1v) is 6.98. The lowest BCUT2D eigenvalue weighted by Gasteiger charge is -2.18. The van der Waals surface area contributed by atoms with E-state index in [2.05, 4.69) is 25.9 Å². The van der Waals surface area contributed by atoms with Crippen molar-refractivity contribution in [2.75, 3.05) is 5.32 Å². The summed E-state index contributed by atoms with van der Waals surface area (Å²) in [6.45, 7) is 2.02. The molecule has 0 spiro atoms. The molecule has 21 heavy (non-hydrogen) atoms. The first-order valence-electron chi connectivity index (χ1n) is 6.98. The molecule has 1 aliphatic carbocycles. The second-order valence-electron chi connectivity index (χ2n) is 5.45. The molecule has 1 aliphatic rings. The third-order valence-corrected chi connectivity index (χ3v) is 3.48. The summed E-state index contributed by atoms with van der Waals surface area (Å²) in [6.07, 6.45) is 5.66. The molecule has 1 fully saturated rings. The van der Waals surface area contributed by atoms with Gasteiger partial charge in [-0.05, 0) is 43.4 Å². The lowest BCUT2D eigenvalue weighted by Crippen LogP contribution is -2.34. The van der Waals surface area contributed by atoms with Crippen LogP contribution in [0.25, 0.3) is 0 Å². The maximum absolute atomic E-state index is 12.1. The molecule has 7 heteroatoms. The molecular formula is C14H18N6O. The average Bonchev–Trinajstić information content (AvgIpc) is 3.20. The average molecular weight is 286 g/mol. The predicted octanol–water partition coefficient (Wildman–Crippen LogP) is 1.79. The summed E-state index contributed by atoms with van der Waals surface area (Å²) < 4.78 is 1.54. The molecule has 110 valence electrons. The Kier molecular flexibility index (Phi) is 3.55. The van der Waals surface area contributed by atoms with E-state index in [0.29, 0.717) is 11.7 Å². The van der Waals surface area contributed by atoms with Gasteiger partial charge in [-0.25, -0.2) is 4.79 Å². The van der Waals surface area contributed by atoms with Crippen molar-refractivity contribution in [2.24, 2.45) is 13.0 Å². The Labute approximate surface area is 122 Å². The number of aryl methyl sites for hydroxylation is 2. The Balaban J connectivity index is 1.69. The maximum Gasteiger partial charge on any atom is 0.321 e. The molecule has 2 N–H and O–H groups in total. The van der Waals surface area contributed by atoms with Crippen LogP contribution in [-0.4, -0.2) is 26.0 Å². The molecule has 0 bridgehead atoms. The molecule has 7 nitrogen and oxygen atoms in total. The number of carbonyl (C=O) groups is 1. The van der Waals surface area contributed by atoms with Crippen molar-refractivity contribution in [3.63, 3.8) is 0 Å². The molecule has 0 aromatic carbocycles. The van der Waals surface area contributed by atoms with Crippen LogP contribution in [0.4, 0.5) is 10.6 Å². The van der Waals surface area contributed by atoms with E-state index in [1.807, 2.05) is 19.1 Å². The summed E-state index contributed by atoms with van der Waals surface area (Å²) in [5.74, 6) is 0.897. The lowest BCUT2D eigenvalue weighted by molar-refractivity contribution is 0.246. The number of nitrogens with zero attached hydrogens (tertiary/aromatic N) is 4. The van der Waals surface area contributed by atoms with Gasteiger partial charge in [-0.3, -0.25) is 15.0 Å². The van der Waals surface area contributed by atoms with Gasteiger partial charge in [-0.2, -0.15) is 0 Å². The molecular weight excluding hydrogens is 268 g/mol. The van der Waals surface area contributed by atoms with Crippen LogP contribution in [0.1, 0.15) is 30.1 Å². The van der Waals surface area contributed by atoms with Crippen molar-refractivity contribution in [1.82, 2.24) is 25.3 Å². The molecule has 3 rings (SSSR count). The summed E-state index contributed by atoms with van der Waals surface area (Å²) >= 11 is 0. The highest BCUT2D eigenvalue weighted by Gasteiger charge is 2.34. The van der Waals surface area contributed by atoms with Crippen molar-refractivity contribution in [3.8, 4) is 0 Å². The second kappa shape index (κ2) is 5.51. The number of hydrogen-bond donors (Lipinski definition) is 2. The highest BCUT2D eigenvalue weighted by molar-refractivity contribution is 5.88. The smallest absolute Gasteiger partial charge is 0.321 e. The molecule has 1 saturated carbocycles. The molecule has 0 radical (unpaired) electrons. The van der Waals surface area contributed by atoms with Crippen LogP contribution >= 0.6 is 0 Å². The summed E-state index contributed by atoms with van der Waals surface area (Å²) in [5, 5.41) is 13.3. The van der Waals surface area contributed by atoms with Gasteiger partial charge in [0.05, 0.1) is 17.9 Å². The van der Waals surface area contributed by atoms with Gasteiger partial charge < -0.3 is 5.32 Å². The number of pyridine rings is 1. The van der Waals surface area contributed by atoms with Gasteiger partial charge in [0.15, 0.2) is 5.82 Å². The van der Waals surface area contributed by atoms with E-state index < -0.39 is 0 Å². The highest BCUT2D eigenvalue weighted by atomic mass is 16.2. The summed E-state index contributed by atoms with van der Waals surface area (Å²) in [6, 6.07) is 3.64. The maximum atomic E-state index is 12.1. The van der Waals surface area contributed by atoms with Gasteiger partial charge in [0.2, 0.25) is 0 Å². The van der Waals surface area contributed by atoms with Crippen molar-refractivity contribution in [1.29, 1.82) is 0 Å². The minimum atomic E-state index is -0.282. The number of nitrogens with one attached hydrogen (secondary N) is 2. The Morgan fingerprint density at radius 2 is 2.29 bits per heavy atom. The van der Waals surface area contributed by atoms with Crippen molar-refractivity contribution >= 4 is 11.8 Å². The molecule has 2 aromatic rings. The number of hydrogen-bond acceptors (Lipinski definition) is 4. The molecule has 0 saturated heterocycles. The van der Waals surface area contributed by atoms with E-state index in [0.717, 1.165) is 24.1 Å². The Morgan fingerprint density at radius 3 is 2.90 bits per heavy atom. The van der Waals surface area contributed by atoms with Gasteiger partial charge in [0, 0.05) is 13.2 Å². The largest absolute Gasteiger partial charge is 0.329 e. The van der Waals surface area contributed by atoms with E-state index in [1.165, 1.54) is 4.68 Å². The van der Waals surface area contributed by atoms with Crippen LogP contribution in [-0.2, 0) is 7.05 Å². The van der Waals surface area contributed by atoms with Crippen LogP contribution in [0.5, 0.6) is 0 Å². The molecule has 1 atom stereocenters. The number of urea groups is 1. The first kappa shape index (κ1) is 13.5. The first-order chi connectivity index (χ1) is 10.1. The van der Waals surface area contributed by atoms with Gasteiger partial charge in [0.1, 0.15) is 0 Å². The predicted molar refractivity (Wildman–Crippen MR) is 77.6 cm³/mol. The molecule has 2 amide bonds. The number of amides is 2. The molecule has 2 heterocycles. The number of carbonyl (C=O) groups excluding carboxylic acids is 1. The van der Waals surface area contributed by atoms with Crippen LogP contribution in [0, 0.1) is 12.8 Å². The normalized spacial score (nSPS) is 15.5. The van der Waals surface area contributed by atoms with Crippen LogP contribution in [0.3, 0.4) is 0 Å². The Bertz CT molecular complexity index is 648. The molecule has 1 unspecified atom stereocenters. The van der Waals surface area contributed by atoms with Crippen LogP contribution < -0.4 is 10.6 Å². The zero-order valence-corrected chi connectivity index (χ0v) is 12.1. The quantitative estimate of drug-likeness (QED) is 0.897. The minimum Gasteiger partial charge on any atom is -0.329 e. The van der Waals surface area contributed by atoms with Crippen LogP contribution in [0.2, 0.25) is 0 Å². The van der Waals surface area contributed by atoms with E-state index >= 15 is 0 Å². The SMILES string of the molecule is Cc1ccnc(C(NC(=O)Nc2cn(C)nn2)C2CC2)c1. The lowest BCUT2D eigenvalue weighted by atomic mass is 10.1. The number of anilines is 1. The van der Waals surface area contributed by atoms with E-state index in [-0.39, 0.29) is 12.1 Å². The Morgan fingerprint density at radius 1 is 1.48 bits per heavy atom.